The first-order chi connectivity index (χ1) is 16.7. The molecule has 3 heteroatoms. The lowest BCUT2D eigenvalue weighted by molar-refractivity contribution is 0.137. The molecule has 5 aromatic rings. The maximum absolute atomic E-state index is 6.84. The number of aryl methyl sites for hydroxylation is 1. The Labute approximate surface area is 200 Å². The summed E-state index contributed by atoms with van der Waals surface area (Å²) >= 11 is 0. The van der Waals surface area contributed by atoms with E-state index in [1.165, 1.54) is 27.6 Å². The summed E-state index contributed by atoms with van der Waals surface area (Å²) in [5, 5.41) is 1.24. The van der Waals surface area contributed by atoms with Crippen molar-refractivity contribution in [3.63, 3.8) is 0 Å². The highest BCUT2D eigenvalue weighted by molar-refractivity contribution is 5.84. The average Bonchev–Trinajstić information content (AvgIpc) is 3.24. The van der Waals surface area contributed by atoms with Crippen LogP contribution in [0.25, 0.3) is 10.9 Å². The van der Waals surface area contributed by atoms with E-state index >= 15 is 0 Å². The highest BCUT2D eigenvalue weighted by Gasteiger charge is 2.42. The Morgan fingerprint density at radius 2 is 1.50 bits per heavy atom. The fourth-order valence-electron chi connectivity index (χ4n) is 5.51. The SMILES string of the molecule is COc1cccc([C@@H]2c3ccccc3O[C@@H](c3[nH]c4ccccc4c3C)[C@@H]2c2ccccc2)c1. The first-order valence-corrected chi connectivity index (χ1v) is 11.8. The van der Waals surface area contributed by atoms with Gasteiger partial charge in [-0.2, -0.15) is 0 Å². The highest BCUT2D eigenvalue weighted by Crippen LogP contribution is 2.54. The van der Waals surface area contributed by atoms with Crippen LogP contribution in [0.5, 0.6) is 11.5 Å². The Balaban J connectivity index is 1.61. The van der Waals surface area contributed by atoms with Gasteiger partial charge in [-0.25, -0.2) is 0 Å². The fraction of sp³-hybridized carbons (Fsp3) is 0.161. The van der Waals surface area contributed by atoms with Gasteiger partial charge in [-0.3, -0.25) is 0 Å². The summed E-state index contributed by atoms with van der Waals surface area (Å²) in [4.78, 5) is 3.71. The zero-order chi connectivity index (χ0) is 23.1. The van der Waals surface area contributed by atoms with Crippen LogP contribution in [-0.2, 0) is 0 Å². The molecule has 34 heavy (non-hydrogen) atoms. The van der Waals surface area contributed by atoms with E-state index in [-0.39, 0.29) is 17.9 Å². The highest BCUT2D eigenvalue weighted by atomic mass is 16.5. The number of H-pyrrole nitrogens is 1. The molecule has 0 bridgehead atoms. The van der Waals surface area contributed by atoms with Gasteiger partial charge in [0.1, 0.15) is 17.6 Å². The third-order valence-corrected chi connectivity index (χ3v) is 7.12. The molecule has 0 fully saturated rings. The van der Waals surface area contributed by atoms with Gasteiger partial charge < -0.3 is 14.5 Å². The topological polar surface area (TPSA) is 34.2 Å². The van der Waals surface area contributed by atoms with Crippen molar-refractivity contribution in [2.75, 3.05) is 7.11 Å². The maximum Gasteiger partial charge on any atom is 0.146 e. The molecule has 0 saturated heterocycles. The second-order valence-electron chi connectivity index (χ2n) is 8.98. The van der Waals surface area contributed by atoms with Crippen molar-refractivity contribution in [3.8, 4) is 11.5 Å². The smallest absolute Gasteiger partial charge is 0.146 e. The van der Waals surface area contributed by atoms with Gasteiger partial charge in [0.05, 0.1) is 12.8 Å². The standard InChI is InChI=1S/C31H27NO2/c1-20-24-15-6-8-17-26(24)32-30(20)31-29(21-11-4-3-5-12-21)28(22-13-10-14-23(19-22)33-2)25-16-7-9-18-27(25)34-31/h3-19,28-29,31-32H,1-2H3/t28-,29-,31-/m1/s1. The molecule has 6 rings (SSSR count). The van der Waals surface area contributed by atoms with E-state index < -0.39 is 0 Å². The Bertz CT molecular complexity index is 1450. The zero-order valence-electron chi connectivity index (χ0n) is 19.4. The molecule has 3 nitrogen and oxygen atoms in total. The van der Waals surface area contributed by atoms with Crippen LogP contribution in [0.1, 0.15) is 45.9 Å². The minimum absolute atomic E-state index is 0.0787. The molecule has 0 amide bonds. The number of aromatic amines is 1. The molecule has 1 N–H and O–H groups in total. The Kier molecular flexibility index (Phi) is 5.10. The molecular formula is C31H27NO2. The molecule has 2 heterocycles. The number of para-hydroxylation sites is 2. The minimum Gasteiger partial charge on any atom is -0.497 e. The van der Waals surface area contributed by atoms with Gasteiger partial charge in [-0.1, -0.05) is 78.9 Å². The Morgan fingerprint density at radius 3 is 2.32 bits per heavy atom. The third-order valence-electron chi connectivity index (χ3n) is 7.12. The number of benzene rings is 4. The van der Waals surface area contributed by atoms with Gasteiger partial charge in [0.25, 0.3) is 0 Å². The Hall–Kier alpha value is -3.98. The van der Waals surface area contributed by atoms with E-state index in [4.69, 9.17) is 9.47 Å². The lowest BCUT2D eigenvalue weighted by Gasteiger charge is -2.40. The molecule has 1 aliphatic rings. The van der Waals surface area contributed by atoms with Gasteiger partial charge >= 0.3 is 0 Å². The van der Waals surface area contributed by atoms with Crippen LogP contribution in [0, 0.1) is 6.92 Å². The molecule has 0 radical (unpaired) electrons. The van der Waals surface area contributed by atoms with Crippen LogP contribution in [-0.4, -0.2) is 12.1 Å². The van der Waals surface area contributed by atoms with Crippen LogP contribution >= 0.6 is 0 Å². The molecule has 0 aliphatic carbocycles. The van der Waals surface area contributed by atoms with E-state index in [9.17, 15) is 0 Å². The number of hydrogen-bond acceptors (Lipinski definition) is 2. The van der Waals surface area contributed by atoms with Crippen LogP contribution < -0.4 is 9.47 Å². The molecule has 0 saturated carbocycles. The van der Waals surface area contributed by atoms with Crippen molar-refractivity contribution in [3.05, 3.63) is 131 Å². The molecule has 3 atom stereocenters. The summed E-state index contributed by atoms with van der Waals surface area (Å²) in [7, 11) is 1.72. The lowest BCUT2D eigenvalue weighted by atomic mass is 9.71. The molecule has 1 aromatic heterocycles. The van der Waals surface area contributed by atoms with Gasteiger partial charge in [0, 0.05) is 28.3 Å². The summed E-state index contributed by atoms with van der Waals surface area (Å²) < 4.78 is 12.4. The predicted molar refractivity (Wildman–Crippen MR) is 137 cm³/mol. The van der Waals surface area contributed by atoms with Crippen molar-refractivity contribution in [2.45, 2.75) is 24.9 Å². The largest absolute Gasteiger partial charge is 0.497 e. The second-order valence-corrected chi connectivity index (χ2v) is 8.98. The molecular weight excluding hydrogens is 418 g/mol. The van der Waals surface area contributed by atoms with E-state index in [2.05, 4.69) is 109 Å². The molecule has 0 unspecified atom stereocenters. The summed E-state index contributed by atoms with van der Waals surface area (Å²) in [6.07, 6.45) is -0.166. The summed E-state index contributed by atoms with van der Waals surface area (Å²) in [5.74, 6) is 1.99. The molecule has 1 aliphatic heterocycles. The van der Waals surface area contributed by atoms with Crippen molar-refractivity contribution in [1.82, 2.24) is 4.98 Å². The van der Waals surface area contributed by atoms with Crippen LogP contribution in [0.2, 0.25) is 0 Å². The number of rotatable bonds is 4. The maximum atomic E-state index is 6.84. The lowest BCUT2D eigenvalue weighted by Crippen LogP contribution is -2.29. The van der Waals surface area contributed by atoms with Gasteiger partial charge in [0.2, 0.25) is 0 Å². The number of aromatic nitrogens is 1. The molecule has 0 spiro atoms. The quantitative estimate of drug-likeness (QED) is 0.310. The monoisotopic (exact) mass is 445 g/mol. The van der Waals surface area contributed by atoms with Crippen molar-refractivity contribution in [2.24, 2.45) is 0 Å². The summed E-state index contributed by atoms with van der Waals surface area (Å²) in [5.41, 5.74) is 7.20. The second kappa shape index (κ2) is 8.42. The van der Waals surface area contributed by atoms with Crippen molar-refractivity contribution in [1.29, 1.82) is 0 Å². The Morgan fingerprint density at radius 1 is 0.765 bits per heavy atom. The third kappa shape index (κ3) is 3.36. The minimum atomic E-state index is -0.166. The van der Waals surface area contributed by atoms with Crippen molar-refractivity contribution < 1.29 is 9.47 Å². The van der Waals surface area contributed by atoms with Crippen LogP contribution in [0.4, 0.5) is 0 Å². The first kappa shape index (κ1) is 20.6. The van der Waals surface area contributed by atoms with Crippen molar-refractivity contribution >= 4 is 10.9 Å². The summed E-state index contributed by atoms with van der Waals surface area (Å²) in [6, 6.07) is 36.2. The van der Waals surface area contributed by atoms with Gasteiger partial charge in [0.15, 0.2) is 0 Å². The van der Waals surface area contributed by atoms with E-state index in [1.54, 1.807) is 7.11 Å². The average molecular weight is 446 g/mol. The predicted octanol–water partition coefficient (Wildman–Crippen LogP) is 7.53. The van der Waals surface area contributed by atoms with E-state index in [0.29, 0.717) is 0 Å². The fourth-order valence-corrected chi connectivity index (χ4v) is 5.51. The number of methoxy groups -OCH3 is 1. The zero-order valence-corrected chi connectivity index (χ0v) is 19.4. The first-order valence-electron chi connectivity index (χ1n) is 11.8. The summed E-state index contributed by atoms with van der Waals surface area (Å²) in [6.45, 7) is 2.20. The van der Waals surface area contributed by atoms with E-state index in [1.807, 2.05) is 6.07 Å². The number of ether oxygens (including phenoxy) is 2. The number of nitrogens with one attached hydrogen (secondary N) is 1. The van der Waals surface area contributed by atoms with Gasteiger partial charge in [-0.05, 0) is 47.9 Å². The number of fused-ring (bicyclic) bond motifs is 2. The number of hydrogen-bond donors (Lipinski definition) is 1. The van der Waals surface area contributed by atoms with Gasteiger partial charge in [-0.15, -0.1) is 0 Å². The van der Waals surface area contributed by atoms with Crippen LogP contribution in [0.15, 0.2) is 103 Å². The van der Waals surface area contributed by atoms with Crippen LogP contribution in [0.3, 0.4) is 0 Å². The van der Waals surface area contributed by atoms with E-state index in [0.717, 1.165) is 22.7 Å². The molecule has 168 valence electrons. The normalized spacial score (nSPS) is 19.4. The molecule has 4 aromatic carbocycles.